The summed E-state index contributed by atoms with van der Waals surface area (Å²) in [5.41, 5.74) is 2.99. The van der Waals surface area contributed by atoms with Gasteiger partial charge in [-0.2, -0.15) is 0 Å². The Morgan fingerprint density at radius 1 is 1.16 bits per heavy atom. The van der Waals surface area contributed by atoms with Crippen LogP contribution in [-0.2, 0) is 11.2 Å². The number of aliphatic hydroxyl groups excluding tert-OH is 1. The molecule has 2 aromatic carbocycles. The first kappa shape index (κ1) is 27.4. The lowest BCUT2D eigenvalue weighted by atomic mass is 9.79. The van der Waals surface area contributed by atoms with Crippen LogP contribution in [0.15, 0.2) is 54.7 Å². The molecule has 1 aromatic heterocycles. The van der Waals surface area contributed by atoms with E-state index in [1.54, 1.807) is 13.3 Å². The fraction of sp³-hybridized carbons (Fsp3) is 0.467. The van der Waals surface area contributed by atoms with Gasteiger partial charge in [-0.05, 0) is 111 Å². The van der Waals surface area contributed by atoms with Crippen LogP contribution in [0, 0.1) is 11.8 Å². The number of rotatable bonds is 12. The predicted octanol–water partition coefficient (Wildman–Crippen LogP) is 6.15. The number of aromatic nitrogens is 1. The minimum absolute atomic E-state index is 0.192. The first-order valence-corrected chi connectivity index (χ1v) is 13.6. The number of hydrogen-bond acceptors (Lipinski definition) is 5. The zero-order chi connectivity index (χ0) is 26.2. The minimum atomic E-state index is -0.740. The van der Waals surface area contributed by atoms with Gasteiger partial charge in [0.25, 0.3) is 0 Å². The molecule has 1 unspecified atom stereocenters. The van der Waals surface area contributed by atoms with E-state index >= 15 is 0 Å². The van der Waals surface area contributed by atoms with Crippen molar-refractivity contribution in [3.05, 3.63) is 70.9 Å². The van der Waals surface area contributed by atoms with Gasteiger partial charge in [0.05, 0.1) is 18.7 Å². The van der Waals surface area contributed by atoms with E-state index in [2.05, 4.69) is 22.0 Å². The zero-order valence-corrected chi connectivity index (χ0v) is 22.2. The number of aryl methyl sites for hydroxylation is 1. The molecule has 6 nitrogen and oxygen atoms in total. The number of piperidine rings is 1. The van der Waals surface area contributed by atoms with Gasteiger partial charge in [0.1, 0.15) is 5.75 Å². The van der Waals surface area contributed by atoms with Crippen LogP contribution in [0.4, 0.5) is 0 Å². The molecule has 0 saturated carbocycles. The van der Waals surface area contributed by atoms with Gasteiger partial charge in [0.15, 0.2) is 0 Å². The highest BCUT2D eigenvalue weighted by Crippen LogP contribution is 2.35. The second kappa shape index (κ2) is 13.2. The van der Waals surface area contributed by atoms with Crippen molar-refractivity contribution in [2.45, 2.75) is 51.0 Å². The van der Waals surface area contributed by atoms with E-state index in [1.165, 1.54) is 5.56 Å². The fourth-order valence-electron chi connectivity index (χ4n) is 5.62. The van der Waals surface area contributed by atoms with Gasteiger partial charge in [-0.3, -0.25) is 9.78 Å². The first-order valence-electron chi connectivity index (χ1n) is 13.2. The van der Waals surface area contributed by atoms with E-state index < -0.39 is 12.1 Å². The van der Waals surface area contributed by atoms with Gasteiger partial charge >= 0.3 is 5.97 Å². The molecular weight excluding hydrogens is 488 g/mol. The lowest BCUT2D eigenvalue weighted by molar-refractivity contribution is -0.137. The number of nitrogens with zero attached hydrogens (tertiary/aromatic N) is 2. The highest BCUT2D eigenvalue weighted by atomic mass is 35.5. The lowest BCUT2D eigenvalue weighted by Gasteiger charge is -2.39. The van der Waals surface area contributed by atoms with Crippen LogP contribution in [0.2, 0.25) is 5.02 Å². The molecule has 0 radical (unpaired) electrons. The number of carboxylic acid groups (broad SMARTS) is 1. The van der Waals surface area contributed by atoms with Crippen LogP contribution in [0.25, 0.3) is 10.9 Å². The van der Waals surface area contributed by atoms with Crippen molar-refractivity contribution >= 4 is 28.5 Å². The van der Waals surface area contributed by atoms with Gasteiger partial charge in [-0.1, -0.05) is 23.7 Å². The van der Waals surface area contributed by atoms with Crippen molar-refractivity contribution in [1.29, 1.82) is 0 Å². The number of halogens is 1. The molecule has 7 heteroatoms. The number of carboxylic acids is 1. The summed E-state index contributed by atoms with van der Waals surface area (Å²) < 4.78 is 5.37. The molecule has 2 N–H and O–H groups in total. The van der Waals surface area contributed by atoms with Gasteiger partial charge in [0, 0.05) is 29.6 Å². The van der Waals surface area contributed by atoms with Crippen molar-refractivity contribution in [1.82, 2.24) is 9.88 Å². The second-order valence-corrected chi connectivity index (χ2v) is 10.6. The van der Waals surface area contributed by atoms with Gasteiger partial charge < -0.3 is 19.8 Å². The molecule has 3 atom stereocenters. The molecule has 2 heterocycles. The Labute approximate surface area is 224 Å². The second-order valence-electron chi connectivity index (χ2n) is 10.1. The first-order chi connectivity index (χ1) is 17.9. The van der Waals surface area contributed by atoms with Crippen LogP contribution < -0.4 is 4.74 Å². The summed E-state index contributed by atoms with van der Waals surface area (Å²) in [5, 5.41) is 22.1. The van der Waals surface area contributed by atoms with E-state index in [0.717, 1.165) is 72.6 Å². The fourth-order valence-corrected chi connectivity index (χ4v) is 5.75. The Hall–Kier alpha value is -2.67. The summed E-state index contributed by atoms with van der Waals surface area (Å²) >= 11 is 5.99. The molecule has 0 spiro atoms. The lowest BCUT2D eigenvalue weighted by Crippen LogP contribution is -2.41. The van der Waals surface area contributed by atoms with Crippen molar-refractivity contribution in [3.63, 3.8) is 0 Å². The van der Waals surface area contributed by atoms with Crippen LogP contribution >= 0.6 is 11.6 Å². The smallest absolute Gasteiger partial charge is 0.303 e. The zero-order valence-electron chi connectivity index (χ0n) is 21.5. The van der Waals surface area contributed by atoms with Crippen LogP contribution in [0.1, 0.15) is 55.8 Å². The maximum atomic E-state index is 11.3. The van der Waals surface area contributed by atoms with Crippen LogP contribution in [-0.4, -0.2) is 52.8 Å². The highest BCUT2D eigenvalue weighted by molar-refractivity contribution is 6.30. The third-order valence-corrected chi connectivity index (χ3v) is 7.96. The number of carbonyl (C=O) groups is 1. The van der Waals surface area contributed by atoms with E-state index in [1.807, 2.05) is 36.4 Å². The average Bonchev–Trinajstić information content (AvgIpc) is 2.91. The van der Waals surface area contributed by atoms with E-state index in [4.69, 9.17) is 16.3 Å². The molecule has 0 bridgehead atoms. The number of likely N-dealkylation sites (tertiary alicyclic amines) is 1. The van der Waals surface area contributed by atoms with Gasteiger partial charge in [-0.25, -0.2) is 0 Å². The number of methoxy groups -OCH3 is 1. The predicted molar refractivity (Wildman–Crippen MR) is 147 cm³/mol. The Kier molecular flexibility index (Phi) is 9.78. The van der Waals surface area contributed by atoms with Crippen molar-refractivity contribution in [2.24, 2.45) is 11.8 Å². The number of aliphatic carboxylic acids is 1. The summed E-state index contributed by atoms with van der Waals surface area (Å²) in [6, 6.07) is 15.6. The van der Waals surface area contributed by atoms with Gasteiger partial charge in [0.2, 0.25) is 0 Å². The van der Waals surface area contributed by atoms with Crippen molar-refractivity contribution < 1.29 is 19.7 Å². The molecule has 3 aromatic rings. The number of benzene rings is 2. The SMILES string of the molecule is COc1ccc2nccc(C(O)CC[C@@H]3CCN(CCCc4ccc(Cl)cc4)C[C@@H]3CCC(=O)O)c2c1. The number of pyridine rings is 1. The summed E-state index contributed by atoms with van der Waals surface area (Å²) in [6.45, 7) is 2.94. The molecular formula is C30H37ClN2O4. The van der Waals surface area contributed by atoms with E-state index in [-0.39, 0.29) is 6.42 Å². The largest absolute Gasteiger partial charge is 0.497 e. The maximum absolute atomic E-state index is 11.3. The maximum Gasteiger partial charge on any atom is 0.303 e. The molecule has 1 aliphatic rings. The molecule has 1 fully saturated rings. The minimum Gasteiger partial charge on any atom is -0.497 e. The summed E-state index contributed by atoms with van der Waals surface area (Å²) in [6.07, 6.45) is 6.63. The topological polar surface area (TPSA) is 82.9 Å². The van der Waals surface area contributed by atoms with E-state index in [0.29, 0.717) is 24.7 Å². The molecule has 37 heavy (non-hydrogen) atoms. The number of hydrogen-bond donors (Lipinski definition) is 2. The quantitative estimate of drug-likeness (QED) is 0.296. The van der Waals surface area contributed by atoms with Crippen molar-refractivity contribution in [2.75, 3.05) is 26.7 Å². The Morgan fingerprint density at radius 2 is 1.97 bits per heavy atom. The summed E-state index contributed by atoms with van der Waals surface area (Å²) in [5.74, 6) is 0.730. The Bertz CT molecular complexity index is 1170. The third kappa shape index (κ3) is 7.67. The molecule has 0 amide bonds. The number of fused-ring (bicyclic) bond motifs is 1. The summed E-state index contributed by atoms with van der Waals surface area (Å²) in [7, 11) is 1.63. The van der Waals surface area contributed by atoms with Crippen molar-refractivity contribution in [3.8, 4) is 5.75 Å². The number of ether oxygens (including phenoxy) is 1. The third-order valence-electron chi connectivity index (χ3n) is 7.71. The normalized spacial score (nSPS) is 19.1. The molecule has 0 aliphatic carbocycles. The molecule has 198 valence electrons. The van der Waals surface area contributed by atoms with Crippen LogP contribution in [0.3, 0.4) is 0 Å². The van der Waals surface area contributed by atoms with Crippen LogP contribution in [0.5, 0.6) is 5.75 Å². The van der Waals surface area contributed by atoms with Gasteiger partial charge in [-0.15, -0.1) is 0 Å². The van der Waals surface area contributed by atoms with E-state index in [9.17, 15) is 15.0 Å². The Balaban J connectivity index is 1.34. The average molecular weight is 525 g/mol. The molecule has 1 saturated heterocycles. The Morgan fingerprint density at radius 3 is 2.73 bits per heavy atom. The molecule has 4 rings (SSSR count). The standard InChI is InChI=1S/C30H37ClN2O4/c1-37-25-10-11-28-27(19-25)26(14-16-32-28)29(34)12-6-22-15-18-33(20-23(22)7-13-30(35)36)17-2-3-21-4-8-24(31)9-5-21/h4-5,8-11,14,16,19,22-23,29,34H,2-3,6-7,12-13,15,17-18,20H2,1H3,(H,35,36)/t22-,23+,29?/m1/s1. The molecule has 1 aliphatic heterocycles. The number of aliphatic hydroxyl groups is 1. The monoisotopic (exact) mass is 524 g/mol. The summed E-state index contributed by atoms with van der Waals surface area (Å²) in [4.78, 5) is 18.2. The highest BCUT2D eigenvalue weighted by Gasteiger charge is 2.30.